The number of carbonyl (C=O) groups is 7. The number of hydrogen-bond acceptors (Lipinski definition) is 9. The van der Waals surface area contributed by atoms with Crippen molar-refractivity contribution in [1.29, 1.82) is 0 Å². The van der Waals surface area contributed by atoms with Crippen molar-refractivity contribution < 1.29 is 52.4 Å². The summed E-state index contributed by atoms with van der Waals surface area (Å²) in [7, 11) is -5.22. The maximum absolute atomic E-state index is 14.4. The van der Waals surface area contributed by atoms with Crippen molar-refractivity contribution in [2.45, 2.75) is 95.1 Å². The van der Waals surface area contributed by atoms with Crippen LogP contribution in [0.3, 0.4) is 0 Å². The van der Waals surface area contributed by atoms with Crippen LogP contribution < -0.4 is 32.7 Å². The fourth-order valence-corrected chi connectivity index (χ4v) is 7.34. The first-order valence-corrected chi connectivity index (χ1v) is 20.3. The number of piperidine rings is 1. The van der Waals surface area contributed by atoms with E-state index in [1.807, 2.05) is 36.4 Å². The second-order valence-corrected chi connectivity index (χ2v) is 15.4. The number of phosphoric acid groups is 1. The summed E-state index contributed by atoms with van der Waals surface area (Å²) in [5.74, 6) is -5.55. The number of rotatable bonds is 19. The van der Waals surface area contributed by atoms with Crippen LogP contribution in [0.2, 0.25) is 0 Å². The number of fused-ring (bicyclic) bond motifs is 1. The van der Waals surface area contributed by atoms with Crippen molar-refractivity contribution >= 4 is 59.9 Å². The molecule has 3 aromatic carbocycles. The van der Waals surface area contributed by atoms with Crippen molar-refractivity contribution in [2.75, 3.05) is 6.54 Å². The predicted molar refractivity (Wildman–Crippen MR) is 211 cm³/mol. The Morgan fingerprint density at radius 1 is 0.793 bits per heavy atom. The van der Waals surface area contributed by atoms with E-state index < -0.39 is 85.5 Å². The monoisotopic (exact) mass is 823 g/mol. The molecule has 1 aliphatic rings. The van der Waals surface area contributed by atoms with E-state index in [1.165, 1.54) is 13.8 Å². The summed E-state index contributed by atoms with van der Waals surface area (Å²) in [6, 6.07) is 14.8. The maximum atomic E-state index is 14.4. The van der Waals surface area contributed by atoms with Gasteiger partial charge in [-0.05, 0) is 54.5 Å². The zero-order chi connectivity index (χ0) is 42.6. The van der Waals surface area contributed by atoms with E-state index in [1.54, 1.807) is 36.4 Å². The molecule has 1 fully saturated rings. The van der Waals surface area contributed by atoms with E-state index in [0.29, 0.717) is 24.0 Å². The van der Waals surface area contributed by atoms with Crippen LogP contribution in [0.1, 0.15) is 57.1 Å². The molecule has 312 valence electrons. The number of nitrogens with one attached hydrogen (secondary N) is 4. The lowest BCUT2D eigenvalue weighted by atomic mass is 9.97. The minimum Gasteiger partial charge on any atom is -0.370 e. The third-order valence-electron chi connectivity index (χ3n) is 9.63. The average Bonchev–Trinajstić information content (AvgIpc) is 3.16. The third-order valence-corrected chi connectivity index (χ3v) is 10.2. The summed E-state index contributed by atoms with van der Waals surface area (Å²) < 4.78 is 16.8. The highest BCUT2D eigenvalue weighted by Gasteiger charge is 2.42. The van der Waals surface area contributed by atoms with E-state index in [0.717, 1.165) is 15.7 Å². The molecular weight excluding hydrogens is 773 g/mol. The van der Waals surface area contributed by atoms with Crippen LogP contribution >= 0.6 is 7.82 Å². The summed E-state index contributed by atoms with van der Waals surface area (Å²) in [5.41, 5.74) is 12.1. The Hall–Kier alpha value is -5.68. The van der Waals surface area contributed by atoms with Crippen molar-refractivity contribution in [1.82, 2.24) is 26.2 Å². The molecule has 1 saturated heterocycles. The van der Waals surface area contributed by atoms with E-state index in [9.17, 15) is 47.9 Å². The molecule has 0 radical (unpaired) electrons. The zero-order valence-electron chi connectivity index (χ0n) is 32.2. The fraction of sp³-hybridized carbons (Fsp3) is 0.410. The molecule has 58 heavy (non-hydrogen) atoms. The highest BCUT2D eigenvalue weighted by Crippen LogP contribution is 2.38. The summed E-state index contributed by atoms with van der Waals surface area (Å²) in [4.78, 5) is 112. The first-order valence-electron chi connectivity index (χ1n) is 18.7. The van der Waals surface area contributed by atoms with Crippen LogP contribution in [-0.2, 0) is 55.5 Å². The van der Waals surface area contributed by atoms with Crippen molar-refractivity contribution in [3.63, 3.8) is 0 Å². The van der Waals surface area contributed by atoms with E-state index in [2.05, 4.69) is 21.3 Å². The van der Waals surface area contributed by atoms with Gasteiger partial charge in [-0.15, -0.1) is 0 Å². The highest BCUT2D eigenvalue weighted by molar-refractivity contribution is 7.46. The molecule has 7 amide bonds. The lowest BCUT2D eigenvalue weighted by molar-refractivity contribution is -0.148. The number of phosphoric ester groups is 1. The van der Waals surface area contributed by atoms with Crippen LogP contribution in [0.25, 0.3) is 10.8 Å². The van der Waals surface area contributed by atoms with Crippen LogP contribution in [-0.4, -0.2) is 98.9 Å². The van der Waals surface area contributed by atoms with Gasteiger partial charge in [-0.25, -0.2) is 4.57 Å². The lowest BCUT2D eigenvalue weighted by Gasteiger charge is -2.39. The number of nitrogens with two attached hydrogens (primary N) is 2. The van der Waals surface area contributed by atoms with Gasteiger partial charge in [0, 0.05) is 32.7 Å². The van der Waals surface area contributed by atoms with Gasteiger partial charge in [0.15, 0.2) is 0 Å². The van der Waals surface area contributed by atoms with Crippen molar-refractivity contribution in [3.05, 3.63) is 83.9 Å². The Morgan fingerprint density at radius 3 is 2.05 bits per heavy atom. The van der Waals surface area contributed by atoms with Gasteiger partial charge < -0.3 is 47.4 Å². The number of amides is 7. The second-order valence-electron chi connectivity index (χ2n) is 14.2. The molecule has 1 heterocycles. The molecule has 19 heteroatoms. The van der Waals surface area contributed by atoms with Crippen LogP contribution in [0.5, 0.6) is 0 Å². The molecule has 6 atom stereocenters. The topological polar surface area (TPSA) is 290 Å². The molecule has 0 saturated carbocycles. The second kappa shape index (κ2) is 20.7. The normalized spacial score (nSPS) is 16.8. The summed E-state index contributed by atoms with van der Waals surface area (Å²) in [5, 5.41) is 12.0. The molecule has 0 unspecified atom stereocenters. The first-order chi connectivity index (χ1) is 27.4. The molecule has 0 bridgehead atoms. The lowest BCUT2D eigenvalue weighted by Crippen LogP contribution is -2.63. The maximum Gasteiger partial charge on any atom is 0.469 e. The molecule has 4 rings (SSSR count). The quantitative estimate of drug-likeness (QED) is 0.0757. The molecule has 1 aliphatic heterocycles. The van der Waals surface area contributed by atoms with Crippen molar-refractivity contribution in [2.24, 2.45) is 11.5 Å². The van der Waals surface area contributed by atoms with Crippen LogP contribution in [0, 0.1) is 0 Å². The molecule has 18 nitrogen and oxygen atoms in total. The number of hydrogen-bond donors (Lipinski definition) is 8. The first kappa shape index (κ1) is 45.0. The Kier molecular flexibility index (Phi) is 16.0. The largest absolute Gasteiger partial charge is 0.469 e. The highest BCUT2D eigenvalue weighted by atomic mass is 31.2. The summed E-state index contributed by atoms with van der Waals surface area (Å²) in [6.07, 6.45) is -1.11. The van der Waals surface area contributed by atoms with Gasteiger partial charge in [-0.1, -0.05) is 72.8 Å². The van der Waals surface area contributed by atoms with Crippen molar-refractivity contribution in [3.8, 4) is 0 Å². The molecule has 3 aromatic rings. The van der Waals surface area contributed by atoms with E-state index in [4.69, 9.17) is 16.0 Å². The van der Waals surface area contributed by atoms with Crippen LogP contribution in [0.15, 0.2) is 72.8 Å². The minimum absolute atomic E-state index is 0.00937. The van der Waals surface area contributed by atoms with Gasteiger partial charge in [0.2, 0.25) is 41.4 Å². The molecule has 0 spiro atoms. The summed E-state index contributed by atoms with van der Waals surface area (Å²) in [6.45, 7) is 2.36. The Bertz CT molecular complexity index is 2030. The third kappa shape index (κ3) is 13.5. The van der Waals surface area contributed by atoms with E-state index in [-0.39, 0.29) is 38.6 Å². The molecule has 0 aromatic heterocycles. The van der Waals surface area contributed by atoms with Gasteiger partial charge in [0.05, 0.1) is 6.10 Å². The smallest absolute Gasteiger partial charge is 0.370 e. The Balaban J connectivity index is 1.63. The van der Waals surface area contributed by atoms with E-state index >= 15 is 0 Å². The molecule has 0 aliphatic carbocycles. The Morgan fingerprint density at radius 2 is 1.41 bits per heavy atom. The SMILES string of the molecule is CC(=O)N[C@@H](Cc1ccccc1)C(=O)N[C@@H](C(=O)N1CCCC[C@H]1C(=O)N[C@@H](Cc1ccc2ccccc2c1)C(=O)N[C@@H](CCC(N)=O)C(N)=O)[C@H](C)OP(=O)(O)O. The van der Waals surface area contributed by atoms with Gasteiger partial charge in [0.25, 0.3) is 0 Å². The number of nitrogens with zero attached hydrogens (tertiary/aromatic N) is 1. The minimum atomic E-state index is -5.22. The van der Waals surface area contributed by atoms with Gasteiger partial charge in [-0.3, -0.25) is 38.1 Å². The fourth-order valence-electron chi connectivity index (χ4n) is 6.79. The Labute approximate surface area is 335 Å². The number of carbonyl (C=O) groups excluding carboxylic acids is 7. The standard InChI is InChI=1S/C39H50N7O11P/c1-23(57-58(54,55)56)34(45-37(51)30(42-24(2)47)21-25-10-4-3-5-11-25)39(53)46-19-9-8-14-32(46)38(52)44-31(36(50)43-29(35(41)49)17-18-33(40)48)22-26-15-16-27-12-6-7-13-28(27)20-26/h3-7,10-13,15-16,20,23,29-32,34H,8-9,14,17-19,21-22H2,1-2H3,(H2,40,48)(H2,41,49)(H,42,47)(H,43,50)(H,44,52)(H,45,51)(H2,54,55,56)/t23-,29-,30-,31-,32-,34+/m0/s1. The van der Waals surface area contributed by atoms with Crippen LogP contribution in [0.4, 0.5) is 0 Å². The van der Waals surface area contributed by atoms with Gasteiger partial charge in [0.1, 0.15) is 30.2 Å². The van der Waals surface area contributed by atoms with Gasteiger partial charge in [-0.2, -0.15) is 0 Å². The zero-order valence-corrected chi connectivity index (χ0v) is 33.1. The number of benzene rings is 3. The van der Waals surface area contributed by atoms with Gasteiger partial charge >= 0.3 is 7.82 Å². The summed E-state index contributed by atoms with van der Waals surface area (Å²) >= 11 is 0. The number of likely N-dealkylation sites (tertiary alicyclic amines) is 1. The molecule has 10 N–H and O–H groups in total. The molecular formula is C39H50N7O11P. The predicted octanol–water partition coefficient (Wildman–Crippen LogP) is 0.214. The number of primary amides is 2. The average molecular weight is 824 g/mol.